The van der Waals surface area contributed by atoms with Gasteiger partial charge < -0.3 is 10.2 Å². The van der Waals surface area contributed by atoms with Crippen molar-refractivity contribution >= 4 is 0 Å². The summed E-state index contributed by atoms with van der Waals surface area (Å²) in [5.41, 5.74) is -0.367. The predicted molar refractivity (Wildman–Crippen MR) is 69.7 cm³/mol. The highest BCUT2D eigenvalue weighted by Gasteiger charge is 2.56. The third kappa shape index (κ3) is 2.04. The molecule has 0 saturated heterocycles. The fraction of sp³-hybridized carbons (Fsp3) is 1.00. The second-order valence-electron chi connectivity index (χ2n) is 6.89. The van der Waals surface area contributed by atoms with Crippen molar-refractivity contribution in [3.05, 3.63) is 0 Å². The van der Waals surface area contributed by atoms with Crippen molar-refractivity contribution in [1.29, 1.82) is 0 Å². The van der Waals surface area contributed by atoms with E-state index >= 15 is 0 Å². The zero-order valence-electron chi connectivity index (χ0n) is 11.6. The molecule has 2 fully saturated rings. The molecule has 1 spiro atoms. The Morgan fingerprint density at radius 2 is 2.00 bits per heavy atom. The Labute approximate surface area is 105 Å². The van der Waals surface area contributed by atoms with Gasteiger partial charge in [0.25, 0.3) is 0 Å². The molecule has 2 N–H and O–H groups in total. The molecule has 0 aromatic heterocycles. The highest BCUT2D eigenvalue weighted by Crippen LogP contribution is 2.59. The Balaban J connectivity index is 2.18. The van der Waals surface area contributed by atoms with E-state index in [1.54, 1.807) is 0 Å². The maximum Gasteiger partial charge on any atom is 0.0678 e. The molecule has 0 aromatic carbocycles. The molecule has 0 amide bonds. The minimum Gasteiger partial charge on any atom is -0.396 e. The summed E-state index contributed by atoms with van der Waals surface area (Å²) in [5, 5.41) is 20.1. The van der Waals surface area contributed by atoms with Crippen LogP contribution in [-0.4, -0.2) is 22.4 Å². The van der Waals surface area contributed by atoms with Crippen LogP contribution in [0.2, 0.25) is 0 Å². The van der Waals surface area contributed by atoms with E-state index in [-0.39, 0.29) is 12.0 Å². The molecule has 2 saturated carbocycles. The third-order valence-corrected chi connectivity index (χ3v) is 6.00. The third-order valence-electron chi connectivity index (χ3n) is 6.00. The van der Waals surface area contributed by atoms with Gasteiger partial charge in [-0.1, -0.05) is 20.3 Å². The highest BCUT2D eigenvalue weighted by atomic mass is 16.3. The molecule has 2 rings (SSSR count). The van der Waals surface area contributed by atoms with E-state index in [0.29, 0.717) is 17.8 Å². The Morgan fingerprint density at radius 1 is 1.29 bits per heavy atom. The normalized spacial score (nSPS) is 48.5. The maximum absolute atomic E-state index is 10.8. The van der Waals surface area contributed by atoms with Gasteiger partial charge in [0.1, 0.15) is 0 Å². The molecule has 2 nitrogen and oxygen atoms in total. The average Bonchev–Trinajstić information content (AvgIpc) is 2.72. The van der Waals surface area contributed by atoms with E-state index in [2.05, 4.69) is 20.8 Å². The zero-order valence-corrected chi connectivity index (χ0v) is 11.6. The molecular weight excluding hydrogens is 212 g/mol. The molecule has 0 bridgehead atoms. The van der Waals surface area contributed by atoms with Crippen molar-refractivity contribution in [3.8, 4) is 0 Å². The standard InChI is InChI=1S/C15H28O2/c1-11(10-16)13-6-8-15(9-13)12(2)5-4-7-14(15,3)17/h11-13,16-17H,4-10H2,1-3H3/t11-,12-,13-,14+,15-/m1/s1. The van der Waals surface area contributed by atoms with Gasteiger partial charge in [-0.15, -0.1) is 0 Å². The highest BCUT2D eigenvalue weighted by molar-refractivity contribution is 5.06. The minimum absolute atomic E-state index is 0.124. The molecule has 0 heterocycles. The Morgan fingerprint density at radius 3 is 2.59 bits per heavy atom. The Kier molecular flexibility index (Phi) is 3.57. The second-order valence-corrected chi connectivity index (χ2v) is 6.89. The van der Waals surface area contributed by atoms with Crippen molar-refractivity contribution in [1.82, 2.24) is 0 Å². The lowest BCUT2D eigenvalue weighted by Gasteiger charge is -2.51. The summed E-state index contributed by atoms with van der Waals surface area (Å²) in [6.07, 6.45) is 6.82. The Bertz CT molecular complexity index is 274. The summed E-state index contributed by atoms with van der Waals surface area (Å²) in [5.74, 6) is 1.62. The maximum atomic E-state index is 10.8. The van der Waals surface area contributed by atoms with Gasteiger partial charge in [-0.25, -0.2) is 0 Å². The van der Waals surface area contributed by atoms with E-state index in [4.69, 9.17) is 0 Å². The minimum atomic E-state index is -0.491. The molecule has 5 atom stereocenters. The van der Waals surface area contributed by atoms with Crippen LogP contribution in [0.15, 0.2) is 0 Å². The number of hydrogen-bond donors (Lipinski definition) is 2. The van der Waals surface area contributed by atoms with Crippen LogP contribution in [-0.2, 0) is 0 Å². The smallest absolute Gasteiger partial charge is 0.0678 e. The molecule has 100 valence electrons. The van der Waals surface area contributed by atoms with Crippen LogP contribution in [0.25, 0.3) is 0 Å². The number of aliphatic hydroxyl groups is 2. The van der Waals surface area contributed by atoms with Crippen molar-refractivity contribution in [2.24, 2.45) is 23.2 Å². The summed E-state index contributed by atoms with van der Waals surface area (Å²) in [6.45, 7) is 6.80. The fourth-order valence-corrected chi connectivity index (χ4v) is 4.50. The molecular formula is C15H28O2. The molecule has 0 aromatic rings. The van der Waals surface area contributed by atoms with Crippen molar-refractivity contribution in [2.45, 2.75) is 64.9 Å². The molecule has 0 radical (unpaired) electrons. The number of rotatable bonds is 2. The average molecular weight is 240 g/mol. The number of aliphatic hydroxyl groups excluding tert-OH is 1. The van der Waals surface area contributed by atoms with E-state index in [1.165, 1.54) is 12.8 Å². The van der Waals surface area contributed by atoms with Crippen LogP contribution < -0.4 is 0 Å². The SMILES string of the molecule is C[C@H](CO)[C@@H]1CC[C@@]2(C1)[C@H](C)CCC[C@]2(C)O. The van der Waals surface area contributed by atoms with Gasteiger partial charge in [0.15, 0.2) is 0 Å². The van der Waals surface area contributed by atoms with E-state index in [9.17, 15) is 10.2 Å². The van der Waals surface area contributed by atoms with Gasteiger partial charge in [-0.05, 0) is 56.8 Å². The first-order valence-electron chi connectivity index (χ1n) is 7.26. The van der Waals surface area contributed by atoms with Crippen LogP contribution in [0.5, 0.6) is 0 Å². The summed E-state index contributed by atoms with van der Waals surface area (Å²) in [7, 11) is 0. The molecule has 2 aliphatic carbocycles. The fourth-order valence-electron chi connectivity index (χ4n) is 4.50. The number of hydrogen-bond acceptors (Lipinski definition) is 2. The first-order chi connectivity index (χ1) is 7.93. The van der Waals surface area contributed by atoms with Gasteiger partial charge in [0.05, 0.1) is 5.60 Å². The molecule has 0 unspecified atom stereocenters. The lowest BCUT2D eigenvalue weighted by molar-refractivity contribution is -0.129. The van der Waals surface area contributed by atoms with Crippen molar-refractivity contribution in [2.75, 3.05) is 6.61 Å². The van der Waals surface area contributed by atoms with E-state index in [1.807, 2.05) is 0 Å². The van der Waals surface area contributed by atoms with E-state index < -0.39 is 5.60 Å². The molecule has 17 heavy (non-hydrogen) atoms. The predicted octanol–water partition coefficient (Wildman–Crippen LogP) is 2.97. The van der Waals surface area contributed by atoms with Gasteiger partial charge in [-0.2, -0.15) is 0 Å². The van der Waals surface area contributed by atoms with Crippen molar-refractivity contribution in [3.63, 3.8) is 0 Å². The Hall–Kier alpha value is -0.0800. The molecule has 0 aliphatic heterocycles. The van der Waals surface area contributed by atoms with Crippen LogP contribution in [0.3, 0.4) is 0 Å². The second kappa shape index (κ2) is 4.55. The van der Waals surface area contributed by atoms with E-state index in [0.717, 1.165) is 25.7 Å². The first-order valence-corrected chi connectivity index (χ1v) is 7.26. The monoisotopic (exact) mass is 240 g/mol. The van der Waals surface area contributed by atoms with Crippen LogP contribution in [0, 0.1) is 23.2 Å². The van der Waals surface area contributed by atoms with Crippen LogP contribution in [0.1, 0.15) is 59.3 Å². The summed E-state index contributed by atoms with van der Waals surface area (Å²) < 4.78 is 0. The quantitative estimate of drug-likeness (QED) is 0.779. The topological polar surface area (TPSA) is 40.5 Å². The lowest BCUT2D eigenvalue weighted by Crippen LogP contribution is -2.51. The molecule has 2 heteroatoms. The van der Waals surface area contributed by atoms with Gasteiger partial charge in [0, 0.05) is 12.0 Å². The summed E-state index contributed by atoms with van der Waals surface area (Å²) in [6, 6.07) is 0. The van der Waals surface area contributed by atoms with Gasteiger partial charge >= 0.3 is 0 Å². The lowest BCUT2D eigenvalue weighted by atomic mass is 9.57. The summed E-state index contributed by atoms with van der Waals surface area (Å²) in [4.78, 5) is 0. The largest absolute Gasteiger partial charge is 0.396 e. The van der Waals surface area contributed by atoms with Crippen molar-refractivity contribution < 1.29 is 10.2 Å². The first kappa shape index (κ1) is 13.4. The summed E-state index contributed by atoms with van der Waals surface area (Å²) >= 11 is 0. The van der Waals surface area contributed by atoms with Crippen LogP contribution in [0.4, 0.5) is 0 Å². The molecule has 2 aliphatic rings. The zero-order chi connectivity index (χ0) is 12.7. The van der Waals surface area contributed by atoms with Gasteiger partial charge in [0.2, 0.25) is 0 Å². The van der Waals surface area contributed by atoms with Gasteiger partial charge in [-0.3, -0.25) is 0 Å². The van der Waals surface area contributed by atoms with Crippen LogP contribution >= 0.6 is 0 Å².